The van der Waals surface area contributed by atoms with Gasteiger partial charge in [-0.25, -0.2) is 4.68 Å². The molecular formula is C13H24N4O. The Balaban J connectivity index is 1.54. The van der Waals surface area contributed by atoms with Crippen LogP contribution in [0.3, 0.4) is 0 Å². The Labute approximate surface area is 109 Å². The van der Waals surface area contributed by atoms with Gasteiger partial charge in [0.25, 0.3) is 0 Å². The summed E-state index contributed by atoms with van der Waals surface area (Å²) in [5.74, 6) is 0. The van der Waals surface area contributed by atoms with E-state index in [4.69, 9.17) is 4.74 Å². The zero-order valence-corrected chi connectivity index (χ0v) is 11.3. The third-order valence-corrected chi connectivity index (χ3v) is 3.09. The second-order valence-corrected chi connectivity index (χ2v) is 4.95. The van der Waals surface area contributed by atoms with Gasteiger partial charge in [-0.3, -0.25) is 0 Å². The van der Waals surface area contributed by atoms with Crippen molar-refractivity contribution in [3.05, 3.63) is 11.9 Å². The summed E-state index contributed by atoms with van der Waals surface area (Å²) in [6.07, 6.45) is 8.26. The van der Waals surface area contributed by atoms with Crippen molar-refractivity contribution in [2.45, 2.75) is 58.2 Å². The lowest BCUT2D eigenvalue weighted by molar-refractivity contribution is 0.119. The van der Waals surface area contributed by atoms with E-state index >= 15 is 0 Å². The van der Waals surface area contributed by atoms with Gasteiger partial charge in [-0.2, -0.15) is 0 Å². The number of hydrogen-bond acceptors (Lipinski definition) is 4. The highest BCUT2D eigenvalue weighted by atomic mass is 16.5. The minimum Gasteiger partial charge on any atom is -0.380 e. The maximum Gasteiger partial charge on any atom is 0.0964 e. The lowest BCUT2D eigenvalue weighted by atomic mass is 10.3. The van der Waals surface area contributed by atoms with Crippen molar-refractivity contribution in [2.24, 2.45) is 0 Å². The third-order valence-electron chi connectivity index (χ3n) is 3.09. The molecule has 0 bridgehead atoms. The zero-order chi connectivity index (χ0) is 12.6. The molecule has 0 amide bonds. The Morgan fingerprint density at radius 1 is 1.39 bits per heavy atom. The second kappa shape index (κ2) is 7.48. The van der Waals surface area contributed by atoms with Crippen LogP contribution < -0.4 is 5.32 Å². The largest absolute Gasteiger partial charge is 0.380 e. The molecule has 1 aliphatic carbocycles. The van der Waals surface area contributed by atoms with Crippen molar-refractivity contribution < 1.29 is 4.74 Å². The van der Waals surface area contributed by atoms with Crippen LogP contribution in [0.15, 0.2) is 6.20 Å². The Morgan fingerprint density at radius 3 is 3.06 bits per heavy atom. The zero-order valence-electron chi connectivity index (χ0n) is 11.3. The molecular weight excluding hydrogens is 228 g/mol. The molecule has 0 saturated heterocycles. The van der Waals surface area contributed by atoms with Gasteiger partial charge in [-0.15, -0.1) is 5.10 Å². The topological polar surface area (TPSA) is 52.0 Å². The van der Waals surface area contributed by atoms with Crippen molar-refractivity contribution in [1.82, 2.24) is 20.3 Å². The first-order valence-electron chi connectivity index (χ1n) is 7.08. The summed E-state index contributed by atoms with van der Waals surface area (Å²) < 4.78 is 7.42. The molecule has 0 aromatic carbocycles. The van der Waals surface area contributed by atoms with Crippen LogP contribution in [-0.4, -0.2) is 34.2 Å². The first kappa shape index (κ1) is 13.5. The fourth-order valence-electron chi connectivity index (χ4n) is 1.78. The highest BCUT2D eigenvalue weighted by molar-refractivity contribution is 4.94. The Kier molecular flexibility index (Phi) is 5.61. The van der Waals surface area contributed by atoms with Crippen molar-refractivity contribution in [3.63, 3.8) is 0 Å². The standard InChI is InChI=1S/C13H24N4O/c1-2-3-4-8-18-9-7-17-11-13(15-16-17)10-14-12-5-6-12/h11-12,14H,2-10H2,1H3. The quantitative estimate of drug-likeness (QED) is 0.644. The first-order valence-corrected chi connectivity index (χ1v) is 7.08. The van der Waals surface area contributed by atoms with E-state index in [1.54, 1.807) is 0 Å². The maximum absolute atomic E-state index is 5.55. The monoisotopic (exact) mass is 252 g/mol. The van der Waals surface area contributed by atoms with E-state index in [0.717, 1.165) is 44.5 Å². The molecule has 5 nitrogen and oxygen atoms in total. The molecule has 1 saturated carbocycles. The molecule has 18 heavy (non-hydrogen) atoms. The molecule has 0 radical (unpaired) electrons. The maximum atomic E-state index is 5.55. The molecule has 1 heterocycles. The average molecular weight is 252 g/mol. The predicted molar refractivity (Wildman–Crippen MR) is 70.2 cm³/mol. The molecule has 1 aromatic rings. The van der Waals surface area contributed by atoms with E-state index in [1.165, 1.54) is 25.7 Å². The summed E-state index contributed by atoms with van der Waals surface area (Å²) in [4.78, 5) is 0. The first-order chi connectivity index (χ1) is 8.88. The second-order valence-electron chi connectivity index (χ2n) is 4.95. The Hall–Kier alpha value is -0.940. The normalized spacial score (nSPS) is 15.2. The summed E-state index contributed by atoms with van der Waals surface area (Å²) in [6, 6.07) is 0.719. The smallest absolute Gasteiger partial charge is 0.0964 e. The van der Waals surface area contributed by atoms with Gasteiger partial charge in [0.15, 0.2) is 0 Å². The summed E-state index contributed by atoms with van der Waals surface area (Å²) in [7, 11) is 0. The van der Waals surface area contributed by atoms with Gasteiger partial charge in [0.05, 0.1) is 18.8 Å². The molecule has 102 valence electrons. The molecule has 1 aromatic heterocycles. The number of nitrogens with one attached hydrogen (secondary N) is 1. The number of ether oxygens (including phenoxy) is 1. The SMILES string of the molecule is CCCCCOCCn1cc(CNC2CC2)nn1. The molecule has 2 rings (SSSR count). The number of nitrogens with zero attached hydrogens (tertiary/aromatic N) is 3. The molecule has 0 spiro atoms. The van der Waals surface area contributed by atoms with E-state index in [1.807, 2.05) is 10.9 Å². The predicted octanol–water partition coefficient (Wildman–Crippen LogP) is 1.74. The van der Waals surface area contributed by atoms with E-state index in [2.05, 4.69) is 22.6 Å². The van der Waals surface area contributed by atoms with Gasteiger partial charge in [0.2, 0.25) is 0 Å². The number of aromatic nitrogens is 3. The van der Waals surface area contributed by atoms with E-state index in [0.29, 0.717) is 0 Å². The number of hydrogen-bond donors (Lipinski definition) is 1. The van der Waals surface area contributed by atoms with E-state index in [9.17, 15) is 0 Å². The minimum absolute atomic E-state index is 0.719. The molecule has 0 atom stereocenters. The van der Waals surface area contributed by atoms with Crippen molar-refractivity contribution in [1.29, 1.82) is 0 Å². The molecule has 1 N–H and O–H groups in total. The van der Waals surface area contributed by atoms with Gasteiger partial charge in [0.1, 0.15) is 0 Å². The fourth-order valence-corrected chi connectivity index (χ4v) is 1.78. The third kappa shape index (κ3) is 5.14. The summed E-state index contributed by atoms with van der Waals surface area (Å²) in [5, 5.41) is 11.7. The lowest BCUT2D eigenvalue weighted by Crippen LogP contribution is -2.15. The highest BCUT2D eigenvalue weighted by Gasteiger charge is 2.20. The van der Waals surface area contributed by atoms with Crippen molar-refractivity contribution >= 4 is 0 Å². The van der Waals surface area contributed by atoms with E-state index in [-0.39, 0.29) is 0 Å². The van der Waals surface area contributed by atoms with Crippen LogP contribution in [0, 0.1) is 0 Å². The highest BCUT2D eigenvalue weighted by Crippen LogP contribution is 2.18. The Morgan fingerprint density at radius 2 is 2.28 bits per heavy atom. The Bertz CT molecular complexity index is 335. The summed E-state index contributed by atoms with van der Waals surface area (Å²) in [5.41, 5.74) is 1.02. The van der Waals surface area contributed by atoms with Gasteiger partial charge in [0, 0.05) is 25.4 Å². The number of unbranched alkanes of at least 4 members (excludes halogenated alkanes) is 2. The molecule has 5 heteroatoms. The van der Waals surface area contributed by atoms with Crippen LogP contribution in [-0.2, 0) is 17.8 Å². The molecule has 1 fully saturated rings. The van der Waals surface area contributed by atoms with Crippen molar-refractivity contribution in [3.8, 4) is 0 Å². The van der Waals surface area contributed by atoms with Crippen LogP contribution in [0.4, 0.5) is 0 Å². The van der Waals surface area contributed by atoms with Gasteiger partial charge in [-0.1, -0.05) is 25.0 Å². The lowest BCUT2D eigenvalue weighted by Gasteiger charge is -2.03. The number of rotatable bonds is 10. The van der Waals surface area contributed by atoms with Crippen LogP contribution in [0.2, 0.25) is 0 Å². The molecule has 0 aliphatic heterocycles. The average Bonchev–Trinajstić information content (AvgIpc) is 3.11. The minimum atomic E-state index is 0.719. The van der Waals surface area contributed by atoms with Crippen LogP contribution >= 0.6 is 0 Å². The van der Waals surface area contributed by atoms with Crippen LogP contribution in [0.5, 0.6) is 0 Å². The van der Waals surface area contributed by atoms with Gasteiger partial charge >= 0.3 is 0 Å². The molecule has 1 aliphatic rings. The molecule has 0 unspecified atom stereocenters. The summed E-state index contributed by atoms with van der Waals surface area (Å²) in [6.45, 7) is 5.42. The fraction of sp³-hybridized carbons (Fsp3) is 0.846. The van der Waals surface area contributed by atoms with Gasteiger partial charge in [-0.05, 0) is 19.3 Å². The van der Waals surface area contributed by atoms with Gasteiger partial charge < -0.3 is 10.1 Å². The summed E-state index contributed by atoms with van der Waals surface area (Å²) >= 11 is 0. The van der Waals surface area contributed by atoms with Crippen LogP contribution in [0.1, 0.15) is 44.7 Å². The van der Waals surface area contributed by atoms with Crippen LogP contribution in [0.25, 0.3) is 0 Å². The van der Waals surface area contributed by atoms with Crippen molar-refractivity contribution in [2.75, 3.05) is 13.2 Å². The van der Waals surface area contributed by atoms with E-state index < -0.39 is 0 Å².